The van der Waals surface area contributed by atoms with Crippen molar-refractivity contribution in [2.75, 3.05) is 26.7 Å². The first kappa shape index (κ1) is 23.1. The quantitative estimate of drug-likeness (QED) is 0.666. The van der Waals surface area contributed by atoms with Crippen LogP contribution in [0.1, 0.15) is 37.8 Å². The Bertz CT molecular complexity index is 824. The van der Waals surface area contributed by atoms with Gasteiger partial charge in [-0.3, -0.25) is 0 Å². The fraction of sp³-hybridized carbons (Fsp3) is 0.480. The highest BCUT2D eigenvalue weighted by Crippen LogP contribution is 2.19. The molecule has 2 aromatic rings. The van der Waals surface area contributed by atoms with Gasteiger partial charge in [-0.25, -0.2) is 9.18 Å². The predicted octanol–water partition coefficient (Wildman–Crippen LogP) is 4.67. The summed E-state index contributed by atoms with van der Waals surface area (Å²) < 4.78 is 19.0. The number of hydrogen-bond acceptors (Lipinski definition) is 3. The minimum Gasteiger partial charge on any atom is -0.493 e. The second-order valence-corrected chi connectivity index (χ2v) is 8.82. The number of amides is 2. The van der Waals surface area contributed by atoms with Gasteiger partial charge in [-0.1, -0.05) is 38.1 Å². The third-order valence-corrected chi connectivity index (χ3v) is 5.52. The van der Waals surface area contributed by atoms with Gasteiger partial charge in [-0.15, -0.1) is 0 Å². The Labute approximate surface area is 185 Å². The first-order valence-electron chi connectivity index (χ1n) is 11.1. The van der Waals surface area contributed by atoms with Gasteiger partial charge in [0.05, 0.1) is 6.61 Å². The minimum absolute atomic E-state index is 0.0928. The lowest BCUT2D eigenvalue weighted by molar-refractivity contribution is 0.120. The standard InChI is InChI=1S/C25H34FN3O2/c1-19(2)18-31-24-12-8-20(9-13-24)15-27-25(30)29(23-5-4-14-28(3)17-23)16-21-6-10-22(26)11-7-21/h6-13,19,23H,4-5,14-18H2,1-3H3,(H,27,30)/t23-/m1/s1. The molecule has 2 aromatic carbocycles. The highest BCUT2D eigenvalue weighted by atomic mass is 19.1. The van der Waals surface area contributed by atoms with Crippen molar-refractivity contribution in [3.05, 3.63) is 65.5 Å². The van der Waals surface area contributed by atoms with Crippen LogP contribution in [0.25, 0.3) is 0 Å². The smallest absolute Gasteiger partial charge is 0.318 e. The van der Waals surface area contributed by atoms with Crippen LogP contribution in [0, 0.1) is 11.7 Å². The molecule has 0 unspecified atom stereocenters. The van der Waals surface area contributed by atoms with Crippen molar-refractivity contribution in [3.8, 4) is 5.75 Å². The molecule has 1 N–H and O–H groups in total. The van der Waals surface area contributed by atoms with E-state index in [1.807, 2.05) is 29.2 Å². The molecule has 0 aromatic heterocycles. The lowest BCUT2D eigenvalue weighted by Gasteiger charge is -2.38. The van der Waals surface area contributed by atoms with Crippen LogP contribution in [0.15, 0.2) is 48.5 Å². The van der Waals surface area contributed by atoms with E-state index in [2.05, 4.69) is 31.1 Å². The van der Waals surface area contributed by atoms with Gasteiger partial charge in [0.25, 0.3) is 0 Å². The number of halogens is 1. The van der Waals surface area contributed by atoms with Gasteiger partial charge in [0.1, 0.15) is 11.6 Å². The number of benzene rings is 2. The van der Waals surface area contributed by atoms with E-state index in [-0.39, 0.29) is 17.9 Å². The number of carbonyl (C=O) groups excluding carboxylic acids is 1. The first-order valence-corrected chi connectivity index (χ1v) is 11.1. The van der Waals surface area contributed by atoms with E-state index in [1.54, 1.807) is 12.1 Å². The zero-order chi connectivity index (χ0) is 22.2. The molecule has 1 aliphatic heterocycles. The third kappa shape index (κ3) is 7.24. The maximum absolute atomic E-state index is 13.3. The number of likely N-dealkylation sites (N-methyl/N-ethyl adjacent to an activating group) is 1. The van der Waals surface area contributed by atoms with Gasteiger partial charge in [-0.2, -0.15) is 0 Å². The van der Waals surface area contributed by atoms with Gasteiger partial charge in [0, 0.05) is 25.7 Å². The summed E-state index contributed by atoms with van der Waals surface area (Å²) in [5.74, 6) is 1.05. The molecular weight excluding hydrogens is 393 g/mol. The molecule has 2 amide bonds. The van der Waals surface area contributed by atoms with Crippen LogP contribution in [-0.2, 0) is 13.1 Å². The molecule has 0 radical (unpaired) electrons. The minimum atomic E-state index is -0.266. The van der Waals surface area contributed by atoms with Crippen LogP contribution >= 0.6 is 0 Å². The summed E-state index contributed by atoms with van der Waals surface area (Å²) in [6.07, 6.45) is 2.03. The molecule has 0 saturated carbocycles. The Hall–Kier alpha value is -2.60. The molecule has 168 valence electrons. The maximum atomic E-state index is 13.3. The van der Waals surface area contributed by atoms with E-state index < -0.39 is 0 Å². The zero-order valence-corrected chi connectivity index (χ0v) is 18.8. The molecule has 1 saturated heterocycles. The van der Waals surface area contributed by atoms with E-state index in [4.69, 9.17) is 4.74 Å². The molecule has 0 bridgehead atoms. The summed E-state index contributed by atoms with van der Waals surface area (Å²) in [4.78, 5) is 17.3. The van der Waals surface area contributed by atoms with Crippen molar-refractivity contribution in [3.63, 3.8) is 0 Å². The highest BCUT2D eigenvalue weighted by Gasteiger charge is 2.27. The summed E-state index contributed by atoms with van der Waals surface area (Å²) in [7, 11) is 2.09. The molecule has 1 atom stereocenters. The summed E-state index contributed by atoms with van der Waals surface area (Å²) in [5, 5.41) is 3.07. The summed E-state index contributed by atoms with van der Waals surface area (Å²) in [6.45, 7) is 7.73. The van der Waals surface area contributed by atoms with Gasteiger partial charge in [0.15, 0.2) is 0 Å². The monoisotopic (exact) mass is 427 g/mol. The number of nitrogens with one attached hydrogen (secondary N) is 1. The van der Waals surface area contributed by atoms with Crippen molar-refractivity contribution in [2.24, 2.45) is 5.92 Å². The molecule has 6 heteroatoms. The fourth-order valence-electron chi connectivity index (χ4n) is 3.79. The number of nitrogens with zero attached hydrogens (tertiary/aromatic N) is 2. The number of ether oxygens (including phenoxy) is 1. The molecule has 0 aliphatic carbocycles. The van der Waals surface area contributed by atoms with Crippen LogP contribution in [0.3, 0.4) is 0 Å². The van der Waals surface area contributed by atoms with Crippen molar-refractivity contribution in [1.29, 1.82) is 0 Å². The number of rotatable bonds is 8. The summed E-state index contributed by atoms with van der Waals surface area (Å²) in [6, 6.07) is 14.3. The van der Waals surface area contributed by atoms with Gasteiger partial charge in [-0.05, 0) is 67.7 Å². The fourth-order valence-corrected chi connectivity index (χ4v) is 3.79. The Morgan fingerprint density at radius 1 is 1.16 bits per heavy atom. The molecule has 31 heavy (non-hydrogen) atoms. The number of piperidine rings is 1. The number of carbonyl (C=O) groups is 1. The summed E-state index contributed by atoms with van der Waals surface area (Å²) in [5.41, 5.74) is 1.95. The number of urea groups is 1. The molecule has 3 rings (SSSR count). The van der Waals surface area contributed by atoms with Crippen LogP contribution < -0.4 is 10.1 Å². The molecule has 1 fully saturated rings. The van der Waals surface area contributed by atoms with Gasteiger partial charge in [0.2, 0.25) is 0 Å². The SMILES string of the molecule is CC(C)COc1ccc(CNC(=O)N(Cc2ccc(F)cc2)[C@@H]2CCCN(C)C2)cc1. The normalized spacial score (nSPS) is 16.9. The Balaban J connectivity index is 1.62. The van der Waals surface area contributed by atoms with E-state index in [9.17, 15) is 9.18 Å². The van der Waals surface area contributed by atoms with Crippen molar-refractivity contribution < 1.29 is 13.9 Å². The highest BCUT2D eigenvalue weighted by molar-refractivity contribution is 5.74. The van der Waals surface area contributed by atoms with E-state index in [0.717, 1.165) is 42.8 Å². The molecule has 1 heterocycles. The first-order chi connectivity index (χ1) is 14.9. The van der Waals surface area contributed by atoms with Crippen LogP contribution in [0.2, 0.25) is 0 Å². The van der Waals surface area contributed by atoms with E-state index in [0.29, 0.717) is 25.6 Å². The van der Waals surface area contributed by atoms with Crippen LogP contribution in [-0.4, -0.2) is 48.6 Å². The molecule has 1 aliphatic rings. The summed E-state index contributed by atoms with van der Waals surface area (Å²) >= 11 is 0. The van der Waals surface area contributed by atoms with Crippen molar-refractivity contribution in [1.82, 2.24) is 15.1 Å². The van der Waals surface area contributed by atoms with E-state index in [1.165, 1.54) is 12.1 Å². The van der Waals surface area contributed by atoms with Crippen LogP contribution in [0.4, 0.5) is 9.18 Å². The Morgan fingerprint density at radius 3 is 2.48 bits per heavy atom. The largest absolute Gasteiger partial charge is 0.493 e. The number of hydrogen-bond donors (Lipinski definition) is 1. The number of likely N-dealkylation sites (tertiary alicyclic amines) is 1. The maximum Gasteiger partial charge on any atom is 0.318 e. The Morgan fingerprint density at radius 2 is 1.84 bits per heavy atom. The Kier molecular flexibility index (Phi) is 8.29. The third-order valence-electron chi connectivity index (χ3n) is 5.52. The van der Waals surface area contributed by atoms with Crippen molar-refractivity contribution in [2.45, 2.75) is 45.8 Å². The van der Waals surface area contributed by atoms with Crippen molar-refractivity contribution >= 4 is 6.03 Å². The molecule has 5 nitrogen and oxygen atoms in total. The van der Waals surface area contributed by atoms with Gasteiger partial charge >= 0.3 is 6.03 Å². The van der Waals surface area contributed by atoms with Gasteiger partial charge < -0.3 is 19.9 Å². The zero-order valence-electron chi connectivity index (χ0n) is 18.8. The van der Waals surface area contributed by atoms with Crippen LogP contribution in [0.5, 0.6) is 5.75 Å². The molecular formula is C25H34FN3O2. The average Bonchev–Trinajstić information content (AvgIpc) is 2.76. The van der Waals surface area contributed by atoms with E-state index >= 15 is 0 Å². The second-order valence-electron chi connectivity index (χ2n) is 8.82. The lowest BCUT2D eigenvalue weighted by atomic mass is 10.0. The lowest BCUT2D eigenvalue weighted by Crippen LogP contribution is -2.51. The predicted molar refractivity (Wildman–Crippen MR) is 121 cm³/mol. The second kappa shape index (κ2) is 11.1. The molecule has 0 spiro atoms. The topological polar surface area (TPSA) is 44.8 Å². The average molecular weight is 428 g/mol.